The van der Waals surface area contributed by atoms with Crippen molar-refractivity contribution in [1.82, 2.24) is 0 Å². The van der Waals surface area contributed by atoms with Crippen LogP contribution in [-0.2, 0) is 17.1 Å². The van der Waals surface area contributed by atoms with Crippen LogP contribution < -0.4 is 0 Å². The van der Waals surface area contributed by atoms with Crippen molar-refractivity contribution < 1.29 is 139 Å². The zero-order valence-corrected chi connectivity index (χ0v) is 12.1. The summed E-state index contributed by atoms with van der Waals surface area (Å²) in [6.45, 7) is 0. The van der Waals surface area contributed by atoms with E-state index in [1.807, 2.05) is 0 Å². The maximum Gasteiger partial charge on any atom is 0 e. The van der Waals surface area contributed by atoms with Crippen molar-refractivity contribution in [3.63, 3.8) is 0 Å². The van der Waals surface area contributed by atoms with E-state index in [9.17, 15) is 0 Å². The van der Waals surface area contributed by atoms with Crippen LogP contribution in [0.1, 0.15) is 0 Å². The number of rotatable bonds is 0. The predicted octanol–water partition coefficient (Wildman–Crippen LogP) is -0.00250. The molecule has 0 aliphatic heterocycles. The van der Waals surface area contributed by atoms with Gasteiger partial charge in [0.15, 0.2) is 0 Å². The maximum atomic E-state index is 0. The molecule has 4 heteroatoms. The second-order valence-corrected chi connectivity index (χ2v) is 0. The first-order valence-electron chi connectivity index (χ1n) is 0. The standard InChI is InChI=1S/Fe.Gd.Nd.Pr. The summed E-state index contributed by atoms with van der Waals surface area (Å²) in [5, 5.41) is 0. The van der Waals surface area contributed by atoms with Gasteiger partial charge in [-0.25, -0.2) is 0 Å². The molecule has 0 N–H and O–H groups in total. The van der Waals surface area contributed by atoms with Crippen LogP contribution in [0, 0.1) is 122 Å². The average Bonchev–Trinajstić information content (AvgIpc) is 0. The van der Waals surface area contributed by atoms with Crippen molar-refractivity contribution >= 4 is 0 Å². The summed E-state index contributed by atoms with van der Waals surface area (Å²) in [7, 11) is 0. The first-order chi connectivity index (χ1) is 0. The average molecular weight is 498 g/mol. The molecule has 0 atom stereocenters. The molecular weight excluding hydrogens is 498 g/mol. The molecule has 0 saturated carbocycles. The van der Waals surface area contributed by atoms with Crippen LogP contribution in [0.15, 0.2) is 0 Å². The third-order valence-corrected chi connectivity index (χ3v) is 0. The van der Waals surface area contributed by atoms with Gasteiger partial charge in [0.05, 0.1) is 0 Å². The van der Waals surface area contributed by atoms with Gasteiger partial charge >= 0.3 is 0 Å². The van der Waals surface area contributed by atoms with Gasteiger partial charge in [0.25, 0.3) is 0 Å². The van der Waals surface area contributed by atoms with E-state index in [2.05, 4.69) is 0 Å². The zero-order chi connectivity index (χ0) is 0. The molecule has 0 aliphatic rings. The minimum atomic E-state index is 0. The molecule has 4 heavy (non-hydrogen) atoms. The third kappa shape index (κ3) is 9.75. The van der Waals surface area contributed by atoms with Gasteiger partial charge in [0, 0.05) is 139 Å². The normalized spacial score (nSPS) is 0. The SMILES string of the molecule is [Fe].[Gd].[Nd].[Pr]. The largest absolute Gasteiger partial charge is 0 e. The van der Waals surface area contributed by atoms with Gasteiger partial charge in [-0.3, -0.25) is 0 Å². The Morgan fingerprint density at radius 3 is 1.00 bits per heavy atom. The minimum absolute atomic E-state index is 0. The van der Waals surface area contributed by atoms with E-state index < -0.39 is 0 Å². The van der Waals surface area contributed by atoms with Gasteiger partial charge in [-0.05, 0) is 0 Å². The first-order valence-corrected chi connectivity index (χ1v) is 0. The fourth-order valence-corrected chi connectivity index (χ4v) is 0. The molecule has 0 aliphatic carbocycles. The fraction of sp³-hybridized carbons (Fsp3) is 0. The van der Waals surface area contributed by atoms with Crippen LogP contribution in [0.4, 0.5) is 0 Å². The Balaban J connectivity index is 0. The monoisotopic (exact) mass is 497 g/mol. The molecule has 0 spiro atoms. The molecule has 0 heterocycles. The van der Waals surface area contributed by atoms with E-state index in [0.29, 0.717) is 0 Å². The Labute approximate surface area is 135 Å². The van der Waals surface area contributed by atoms with Crippen molar-refractivity contribution in [2.45, 2.75) is 0 Å². The van der Waals surface area contributed by atoms with E-state index in [1.165, 1.54) is 0 Å². The topological polar surface area (TPSA) is 0 Å². The van der Waals surface area contributed by atoms with Crippen LogP contribution in [0.25, 0.3) is 0 Å². The summed E-state index contributed by atoms with van der Waals surface area (Å²) >= 11 is 0. The molecule has 0 amide bonds. The van der Waals surface area contributed by atoms with Crippen molar-refractivity contribution in [2.24, 2.45) is 0 Å². The number of hydrogen-bond acceptors (Lipinski definition) is 0. The Morgan fingerprint density at radius 2 is 1.00 bits per heavy atom. The molecule has 0 bridgehead atoms. The molecule has 0 aromatic heterocycles. The quantitative estimate of drug-likeness (QED) is 0.413. The van der Waals surface area contributed by atoms with Crippen LogP contribution in [0.5, 0.6) is 0 Å². The fourth-order valence-electron chi connectivity index (χ4n) is 0. The first kappa shape index (κ1) is 23.5. The Bertz CT molecular complexity index is 8.00. The molecule has 23 valence electrons. The molecule has 0 aromatic carbocycles. The van der Waals surface area contributed by atoms with Gasteiger partial charge in [0.2, 0.25) is 0 Å². The summed E-state index contributed by atoms with van der Waals surface area (Å²) in [5.41, 5.74) is 0. The Morgan fingerprint density at radius 1 is 1.00 bits per heavy atom. The van der Waals surface area contributed by atoms with Gasteiger partial charge in [-0.2, -0.15) is 0 Å². The smallest absolute Gasteiger partial charge is 0 e. The molecule has 0 aromatic rings. The van der Waals surface area contributed by atoms with E-state index in [0.717, 1.165) is 0 Å². The van der Waals surface area contributed by atoms with Crippen molar-refractivity contribution in [1.29, 1.82) is 0 Å². The summed E-state index contributed by atoms with van der Waals surface area (Å²) in [6.07, 6.45) is 0. The summed E-state index contributed by atoms with van der Waals surface area (Å²) in [4.78, 5) is 0. The Hall–Kier alpha value is 4.56. The summed E-state index contributed by atoms with van der Waals surface area (Å²) in [5.74, 6) is 0. The third-order valence-electron chi connectivity index (χ3n) is 0. The molecule has 0 nitrogen and oxygen atoms in total. The zero-order valence-electron chi connectivity index (χ0n) is 1.78. The molecular formula is FeGdNdPr. The van der Waals surface area contributed by atoms with Gasteiger partial charge in [-0.1, -0.05) is 0 Å². The van der Waals surface area contributed by atoms with Crippen molar-refractivity contribution in [3.05, 3.63) is 0 Å². The maximum absolute atomic E-state index is 0. The number of hydrogen-bond donors (Lipinski definition) is 0. The summed E-state index contributed by atoms with van der Waals surface area (Å²) < 4.78 is 0. The van der Waals surface area contributed by atoms with Crippen LogP contribution >= 0.6 is 0 Å². The molecule has 1 radical (unpaired) electrons. The minimum Gasteiger partial charge on any atom is 0 e. The van der Waals surface area contributed by atoms with Crippen molar-refractivity contribution in [2.75, 3.05) is 0 Å². The predicted molar refractivity (Wildman–Crippen MR) is 0 cm³/mol. The van der Waals surface area contributed by atoms with E-state index in [1.54, 1.807) is 0 Å². The second-order valence-electron chi connectivity index (χ2n) is 0. The van der Waals surface area contributed by atoms with Crippen molar-refractivity contribution in [3.8, 4) is 0 Å². The van der Waals surface area contributed by atoms with Crippen LogP contribution in [0.2, 0.25) is 0 Å². The van der Waals surface area contributed by atoms with Gasteiger partial charge in [0.1, 0.15) is 0 Å². The molecule has 0 fully saturated rings. The molecule has 0 saturated heterocycles. The van der Waals surface area contributed by atoms with E-state index >= 15 is 0 Å². The van der Waals surface area contributed by atoms with Gasteiger partial charge < -0.3 is 0 Å². The van der Waals surface area contributed by atoms with Crippen LogP contribution in [-0.4, -0.2) is 0 Å². The summed E-state index contributed by atoms with van der Waals surface area (Å²) in [6, 6.07) is 0. The van der Waals surface area contributed by atoms with Gasteiger partial charge in [-0.15, -0.1) is 0 Å². The molecule has 0 unspecified atom stereocenters. The molecule has 0 rings (SSSR count). The van der Waals surface area contributed by atoms with E-state index in [4.69, 9.17) is 0 Å². The Kier molecular flexibility index (Phi) is 92.0. The van der Waals surface area contributed by atoms with E-state index in [-0.39, 0.29) is 139 Å². The van der Waals surface area contributed by atoms with Crippen LogP contribution in [0.3, 0.4) is 0 Å². The second kappa shape index (κ2) is 15.6.